The summed E-state index contributed by atoms with van der Waals surface area (Å²) in [6.45, 7) is 1.78. The molecule has 2 rings (SSSR count). The number of rotatable bonds is 5. The fourth-order valence-corrected chi connectivity index (χ4v) is 2.15. The first-order valence-corrected chi connectivity index (χ1v) is 6.82. The Labute approximate surface area is 118 Å². The predicted molar refractivity (Wildman–Crippen MR) is 69.3 cm³/mol. The molecule has 0 saturated heterocycles. The van der Waals surface area contributed by atoms with Crippen molar-refractivity contribution >= 4 is 21.9 Å². The molecule has 1 aromatic rings. The number of aliphatic hydroxyl groups is 1. The maximum Gasteiger partial charge on any atom is 0.339 e. The van der Waals surface area contributed by atoms with Gasteiger partial charge in [-0.25, -0.2) is 9.18 Å². The van der Waals surface area contributed by atoms with Crippen molar-refractivity contribution in [2.75, 3.05) is 6.61 Å². The van der Waals surface area contributed by atoms with Gasteiger partial charge in [-0.05, 0) is 47.8 Å². The first-order chi connectivity index (χ1) is 9.02. The van der Waals surface area contributed by atoms with Crippen LogP contribution in [0.5, 0.6) is 5.75 Å². The molecule has 1 aliphatic rings. The zero-order valence-corrected chi connectivity index (χ0v) is 11.9. The van der Waals surface area contributed by atoms with Crippen LogP contribution in [-0.2, 0) is 9.53 Å². The molecular weight excluding hydrogens is 319 g/mol. The van der Waals surface area contributed by atoms with Gasteiger partial charge in [-0.2, -0.15) is 0 Å². The molecule has 0 aliphatic heterocycles. The number of hydrogen-bond donors (Lipinski definition) is 1. The number of carbonyl (C=O) groups excluding carboxylic acids is 1. The van der Waals surface area contributed by atoms with E-state index in [0.717, 1.165) is 18.9 Å². The van der Waals surface area contributed by atoms with Crippen molar-refractivity contribution in [3.05, 3.63) is 28.0 Å². The van der Waals surface area contributed by atoms with Gasteiger partial charge in [-0.1, -0.05) is 0 Å². The molecule has 1 atom stereocenters. The molecule has 4 nitrogen and oxygen atoms in total. The molecule has 1 N–H and O–H groups in total. The van der Waals surface area contributed by atoms with Crippen LogP contribution in [0.2, 0.25) is 0 Å². The van der Waals surface area contributed by atoms with Gasteiger partial charge >= 0.3 is 5.97 Å². The topological polar surface area (TPSA) is 55.8 Å². The highest BCUT2D eigenvalue weighted by Gasteiger charge is 2.30. The van der Waals surface area contributed by atoms with Crippen LogP contribution >= 0.6 is 15.9 Å². The number of esters is 1. The summed E-state index contributed by atoms with van der Waals surface area (Å²) in [5, 5.41) is 9.94. The summed E-state index contributed by atoms with van der Waals surface area (Å²) in [4.78, 5) is 11.6. The van der Waals surface area contributed by atoms with Crippen LogP contribution in [0.1, 0.15) is 31.4 Å². The van der Waals surface area contributed by atoms with Crippen molar-refractivity contribution in [3.63, 3.8) is 0 Å². The summed E-state index contributed by atoms with van der Waals surface area (Å²) in [5.41, 5.74) is 0.0808. The lowest BCUT2D eigenvalue weighted by molar-refractivity contribution is -0.153. The van der Waals surface area contributed by atoms with E-state index in [2.05, 4.69) is 15.9 Å². The Morgan fingerprint density at radius 2 is 2.26 bits per heavy atom. The lowest BCUT2D eigenvalue weighted by atomic mass is 10.1. The normalized spacial score (nSPS) is 16.0. The maximum absolute atomic E-state index is 13.4. The minimum atomic E-state index is -1.55. The molecule has 1 unspecified atom stereocenters. The number of hydrogen-bond acceptors (Lipinski definition) is 4. The van der Waals surface area contributed by atoms with Crippen LogP contribution in [0.3, 0.4) is 0 Å². The van der Waals surface area contributed by atoms with Crippen molar-refractivity contribution in [2.24, 2.45) is 0 Å². The van der Waals surface area contributed by atoms with E-state index in [0.29, 0.717) is 10.2 Å². The van der Waals surface area contributed by atoms with E-state index in [4.69, 9.17) is 9.47 Å². The summed E-state index contributed by atoms with van der Waals surface area (Å²) < 4.78 is 24.1. The van der Waals surface area contributed by atoms with Gasteiger partial charge in [0.25, 0.3) is 0 Å². The molecule has 1 aliphatic carbocycles. The quantitative estimate of drug-likeness (QED) is 0.842. The lowest BCUT2D eigenvalue weighted by Gasteiger charge is -2.16. The summed E-state index contributed by atoms with van der Waals surface area (Å²) in [6, 6.07) is 2.32. The standard InChI is InChI=1S/C13H14BrFO4/c1-2-18-13(17)11(16)9-5-7(15)6-10(14)12(9)19-8-3-4-8/h5-6,8,11,16H,2-4H2,1H3. The molecular formula is C13H14BrFO4. The zero-order chi connectivity index (χ0) is 14.0. The van der Waals surface area contributed by atoms with Gasteiger partial charge in [-0.3, -0.25) is 0 Å². The van der Waals surface area contributed by atoms with E-state index < -0.39 is 17.9 Å². The van der Waals surface area contributed by atoms with Gasteiger partial charge in [0.05, 0.1) is 17.2 Å². The highest BCUT2D eigenvalue weighted by atomic mass is 79.9. The Morgan fingerprint density at radius 1 is 1.58 bits per heavy atom. The maximum atomic E-state index is 13.4. The van der Waals surface area contributed by atoms with Gasteiger partial charge in [0.15, 0.2) is 6.10 Å². The second-order valence-electron chi connectivity index (χ2n) is 4.28. The Hall–Kier alpha value is -1.14. The van der Waals surface area contributed by atoms with Crippen LogP contribution in [0.25, 0.3) is 0 Å². The SMILES string of the molecule is CCOC(=O)C(O)c1cc(F)cc(Br)c1OC1CC1. The molecule has 0 aromatic heterocycles. The van der Waals surface area contributed by atoms with Crippen LogP contribution in [0.15, 0.2) is 16.6 Å². The fraction of sp³-hybridized carbons (Fsp3) is 0.462. The van der Waals surface area contributed by atoms with E-state index in [1.807, 2.05) is 0 Å². The summed E-state index contributed by atoms with van der Waals surface area (Å²) in [6.07, 6.45) is 0.341. The Morgan fingerprint density at radius 3 is 2.84 bits per heavy atom. The molecule has 1 aromatic carbocycles. The number of benzene rings is 1. The predicted octanol–water partition coefficient (Wildman–Crippen LogP) is 2.73. The van der Waals surface area contributed by atoms with Gasteiger partial charge in [0.1, 0.15) is 11.6 Å². The third-order valence-corrected chi connectivity index (χ3v) is 3.24. The van der Waals surface area contributed by atoms with Gasteiger partial charge in [-0.15, -0.1) is 0 Å². The van der Waals surface area contributed by atoms with Crippen LogP contribution < -0.4 is 4.74 Å². The molecule has 6 heteroatoms. The molecule has 104 valence electrons. The Bertz CT molecular complexity index is 488. The largest absolute Gasteiger partial charge is 0.489 e. The van der Waals surface area contributed by atoms with Crippen LogP contribution in [-0.4, -0.2) is 23.8 Å². The smallest absolute Gasteiger partial charge is 0.339 e. The summed E-state index contributed by atoms with van der Waals surface area (Å²) in [5.74, 6) is -1.08. The lowest BCUT2D eigenvalue weighted by Crippen LogP contribution is -2.17. The average Bonchev–Trinajstić information content (AvgIpc) is 3.15. The molecule has 1 fully saturated rings. The van der Waals surface area contributed by atoms with Crippen molar-refractivity contribution in [1.29, 1.82) is 0 Å². The first-order valence-electron chi connectivity index (χ1n) is 6.03. The first kappa shape index (κ1) is 14.3. The van der Waals surface area contributed by atoms with Gasteiger partial charge in [0.2, 0.25) is 0 Å². The fourth-order valence-electron chi connectivity index (χ4n) is 1.61. The van der Waals surface area contributed by atoms with Gasteiger partial charge in [0, 0.05) is 5.56 Å². The molecule has 0 spiro atoms. The zero-order valence-electron chi connectivity index (χ0n) is 10.4. The van der Waals surface area contributed by atoms with Gasteiger partial charge < -0.3 is 14.6 Å². The Balaban J connectivity index is 2.32. The summed E-state index contributed by atoms with van der Waals surface area (Å²) >= 11 is 3.18. The van der Waals surface area contributed by atoms with E-state index >= 15 is 0 Å². The molecule has 1 saturated carbocycles. The molecule has 0 bridgehead atoms. The molecule has 0 amide bonds. The third kappa shape index (κ3) is 3.45. The molecule has 0 radical (unpaired) electrons. The highest BCUT2D eigenvalue weighted by Crippen LogP contribution is 2.38. The summed E-state index contributed by atoms with van der Waals surface area (Å²) in [7, 11) is 0. The van der Waals surface area contributed by atoms with Crippen LogP contribution in [0, 0.1) is 5.82 Å². The average molecular weight is 333 g/mol. The monoisotopic (exact) mass is 332 g/mol. The minimum absolute atomic E-state index is 0.0647. The van der Waals surface area contributed by atoms with Crippen molar-refractivity contribution in [2.45, 2.75) is 32.0 Å². The van der Waals surface area contributed by atoms with E-state index in [1.165, 1.54) is 6.07 Å². The van der Waals surface area contributed by atoms with E-state index in [1.54, 1.807) is 6.92 Å². The van der Waals surface area contributed by atoms with E-state index in [9.17, 15) is 14.3 Å². The number of aliphatic hydroxyl groups excluding tert-OH is 1. The van der Waals surface area contributed by atoms with Crippen molar-refractivity contribution in [3.8, 4) is 5.75 Å². The molecule has 0 heterocycles. The molecule has 19 heavy (non-hydrogen) atoms. The van der Waals surface area contributed by atoms with E-state index in [-0.39, 0.29) is 18.3 Å². The highest BCUT2D eigenvalue weighted by molar-refractivity contribution is 9.10. The van der Waals surface area contributed by atoms with Crippen LogP contribution in [0.4, 0.5) is 4.39 Å². The second kappa shape index (κ2) is 5.88. The Kier molecular flexibility index (Phi) is 4.42. The number of carbonyl (C=O) groups is 1. The van der Waals surface area contributed by atoms with Crippen molar-refractivity contribution in [1.82, 2.24) is 0 Å². The number of ether oxygens (including phenoxy) is 2. The second-order valence-corrected chi connectivity index (χ2v) is 5.13. The third-order valence-electron chi connectivity index (χ3n) is 2.65. The van der Waals surface area contributed by atoms with Crippen molar-refractivity contribution < 1.29 is 23.8 Å². The minimum Gasteiger partial charge on any atom is -0.489 e. The number of halogens is 2.